The van der Waals surface area contributed by atoms with Gasteiger partial charge in [0.05, 0.1) is 5.69 Å². The van der Waals surface area contributed by atoms with Crippen LogP contribution in [0, 0.1) is 11.6 Å². The zero-order valence-corrected chi connectivity index (χ0v) is 10.4. The van der Waals surface area contributed by atoms with Crippen molar-refractivity contribution in [3.8, 4) is 10.6 Å². The summed E-state index contributed by atoms with van der Waals surface area (Å²) in [4.78, 5) is 4.40. The van der Waals surface area contributed by atoms with Crippen LogP contribution in [0.25, 0.3) is 10.6 Å². The van der Waals surface area contributed by atoms with Crippen molar-refractivity contribution in [1.29, 1.82) is 0 Å². The third-order valence-corrected chi connectivity index (χ3v) is 4.17. The largest absolute Gasteiger partial charge is 0.328 e. The molecule has 0 radical (unpaired) electrons. The Morgan fingerprint density at radius 3 is 2.78 bits per heavy atom. The van der Waals surface area contributed by atoms with E-state index in [4.69, 9.17) is 5.73 Å². The highest BCUT2D eigenvalue weighted by Gasteiger charge is 2.29. The van der Waals surface area contributed by atoms with Gasteiger partial charge in [-0.3, -0.25) is 0 Å². The van der Waals surface area contributed by atoms with Gasteiger partial charge in [0, 0.05) is 22.9 Å². The number of hydrogen-bond acceptors (Lipinski definition) is 3. The molecule has 0 unspecified atom stereocenters. The lowest BCUT2D eigenvalue weighted by molar-refractivity contribution is 0.346. The number of benzene rings is 1. The van der Waals surface area contributed by atoms with Gasteiger partial charge in [0.15, 0.2) is 0 Å². The molecule has 1 saturated carbocycles. The lowest BCUT2D eigenvalue weighted by atomic mass is 9.79. The van der Waals surface area contributed by atoms with Gasteiger partial charge >= 0.3 is 0 Å². The van der Waals surface area contributed by atoms with Crippen LogP contribution in [0.2, 0.25) is 0 Å². The lowest BCUT2D eigenvalue weighted by Gasteiger charge is -2.30. The molecule has 3 rings (SSSR count). The summed E-state index contributed by atoms with van der Waals surface area (Å²) in [5.41, 5.74) is 6.91. The summed E-state index contributed by atoms with van der Waals surface area (Å²) in [6, 6.07) is 3.68. The highest BCUT2D eigenvalue weighted by atomic mass is 32.1. The van der Waals surface area contributed by atoms with Gasteiger partial charge in [-0.05, 0) is 31.0 Å². The Balaban J connectivity index is 1.90. The second-order valence-corrected chi connectivity index (χ2v) is 5.49. The van der Waals surface area contributed by atoms with E-state index in [1.807, 2.05) is 5.38 Å². The molecule has 0 spiro atoms. The Kier molecular flexibility index (Phi) is 2.87. The van der Waals surface area contributed by atoms with Gasteiger partial charge in [0.2, 0.25) is 0 Å². The molecule has 94 valence electrons. The van der Waals surface area contributed by atoms with Crippen molar-refractivity contribution in [1.82, 2.24) is 4.98 Å². The molecule has 2 N–H and O–H groups in total. The van der Waals surface area contributed by atoms with Crippen LogP contribution in [-0.4, -0.2) is 11.0 Å². The Morgan fingerprint density at radius 2 is 2.06 bits per heavy atom. The quantitative estimate of drug-likeness (QED) is 0.905. The molecule has 1 aliphatic rings. The van der Waals surface area contributed by atoms with E-state index in [-0.39, 0.29) is 11.6 Å². The standard InChI is InChI=1S/C13H12F2N2S/c14-8-1-2-11(15)10(5-8)13-17-12(6-18-13)7-3-9(16)4-7/h1-2,5-7,9H,3-4,16H2. The van der Waals surface area contributed by atoms with Gasteiger partial charge in [-0.2, -0.15) is 0 Å². The number of rotatable bonds is 2. The van der Waals surface area contributed by atoms with Crippen LogP contribution in [0.5, 0.6) is 0 Å². The molecular weight excluding hydrogens is 254 g/mol. The number of nitrogens with two attached hydrogens (primary N) is 1. The highest BCUT2D eigenvalue weighted by molar-refractivity contribution is 7.13. The summed E-state index contributed by atoms with van der Waals surface area (Å²) in [5.74, 6) is -0.516. The minimum absolute atomic E-state index is 0.231. The smallest absolute Gasteiger partial charge is 0.133 e. The molecular formula is C13H12F2N2S. The summed E-state index contributed by atoms with van der Waals surface area (Å²) in [7, 11) is 0. The first kappa shape index (κ1) is 11.7. The molecule has 2 nitrogen and oxygen atoms in total. The zero-order chi connectivity index (χ0) is 12.7. The number of aromatic nitrogens is 1. The van der Waals surface area contributed by atoms with E-state index in [1.54, 1.807) is 0 Å². The molecule has 18 heavy (non-hydrogen) atoms. The fourth-order valence-corrected chi connectivity index (χ4v) is 3.08. The minimum Gasteiger partial charge on any atom is -0.328 e. The van der Waals surface area contributed by atoms with Crippen LogP contribution in [0.1, 0.15) is 24.5 Å². The summed E-state index contributed by atoms with van der Waals surface area (Å²) >= 11 is 1.35. The SMILES string of the molecule is NC1CC(c2csc(-c3cc(F)ccc3F)n2)C1. The van der Waals surface area contributed by atoms with Gasteiger partial charge in [-0.25, -0.2) is 13.8 Å². The number of hydrogen-bond donors (Lipinski definition) is 1. The van der Waals surface area contributed by atoms with Gasteiger partial charge in [-0.15, -0.1) is 11.3 Å². The topological polar surface area (TPSA) is 38.9 Å². The van der Waals surface area contributed by atoms with Crippen LogP contribution in [0.4, 0.5) is 8.78 Å². The van der Waals surface area contributed by atoms with Crippen molar-refractivity contribution in [3.05, 3.63) is 40.9 Å². The first-order chi connectivity index (χ1) is 8.63. The van der Waals surface area contributed by atoms with Crippen LogP contribution in [-0.2, 0) is 0 Å². The molecule has 0 atom stereocenters. The maximum absolute atomic E-state index is 13.6. The molecule has 0 bridgehead atoms. The third kappa shape index (κ3) is 2.04. The molecule has 1 heterocycles. The summed E-state index contributed by atoms with van der Waals surface area (Å²) in [6.45, 7) is 0. The van der Waals surface area contributed by atoms with Gasteiger partial charge in [0.25, 0.3) is 0 Å². The fourth-order valence-electron chi connectivity index (χ4n) is 2.16. The van der Waals surface area contributed by atoms with E-state index in [0.29, 0.717) is 10.9 Å². The fraction of sp³-hybridized carbons (Fsp3) is 0.308. The van der Waals surface area contributed by atoms with Crippen molar-refractivity contribution >= 4 is 11.3 Å². The maximum atomic E-state index is 13.6. The van der Waals surface area contributed by atoms with Crippen LogP contribution in [0.3, 0.4) is 0 Å². The van der Waals surface area contributed by atoms with E-state index < -0.39 is 11.6 Å². The van der Waals surface area contributed by atoms with Crippen molar-refractivity contribution in [2.24, 2.45) is 5.73 Å². The second-order valence-electron chi connectivity index (χ2n) is 4.63. The van der Waals surface area contributed by atoms with Crippen LogP contribution >= 0.6 is 11.3 Å². The Bertz CT molecular complexity index is 576. The predicted octanol–water partition coefficient (Wildman–Crippen LogP) is 3.29. The Morgan fingerprint density at radius 1 is 1.28 bits per heavy atom. The molecule has 0 amide bonds. The normalized spacial score (nSPS) is 22.8. The molecule has 0 saturated heterocycles. The van der Waals surface area contributed by atoms with Gasteiger partial charge in [-0.1, -0.05) is 0 Å². The van der Waals surface area contributed by atoms with Gasteiger partial charge < -0.3 is 5.73 Å². The third-order valence-electron chi connectivity index (χ3n) is 3.27. The first-order valence-corrected chi connectivity index (χ1v) is 6.68. The number of thiazole rings is 1. The monoisotopic (exact) mass is 266 g/mol. The Labute approximate surface area is 107 Å². The average molecular weight is 266 g/mol. The molecule has 1 fully saturated rings. The summed E-state index contributed by atoms with van der Waals surface area (Å²) < 4.78 is 26.7. The van der Waals surface area contributed by atoms with Crippen molar-refractivity contribution in [2.75, 3.05) is 0 Å². The Hall–Kier alpha value is -1.33. The molecule has 2 aromatic rings. The van der Waals surface area contributed by atoms with Crippen molar-refractivity contribution < 1.29 is 8.78 Å². The van der Waals surface area contributed by atoms with Crippen LogP contribution < -0.4 is 5.73 Å². The highest BCUT2D eigenvalue weighted by Crippen LogP contribution is 2.38. The summed E-state index contributed by atoms with van der Waals surface area (Å²) in [6.07, 6.45) is 1.85. The van der Waals surface area contributed by atoms with E-state index in [0.717, 1.165) is 30.7 Å². The summed E-state index contributed by atoms with van der Waals surface area (Å²) in [5, 5.41) is 2.44. The molecule has 1 aliphatic carbocycles. The number of nitrogens with zero attached hydrogens (tertiary/aromatic N) is 1. The van der Waals surface area contributed by atoms with E-state index >= 15 is 0 Å². The lowest BCUT2D eigenvalue weighted by Crippen LogP contribution is -2.34. The molecule has 5 heteroatoms. The van der Waals surface area contributed by atoms with E-state index in [9.17, 15) is 8.78 Å². The first-order valence-electron chi connectivity index (χ1n) is 5.80. The van der Waals surface area contributed by atoms with E-state index in [2.05, 4.69) is 4.98 Å². The van der Waals surface area contributed by atoms with Crippen molar-refractivity contribution in [3.63, 3.8) is 0 Å². The minimum atomic E-state index is -0.450. The predicted molar refractivity (Wildman–Crippen MR) is 67.4 cm³/mol. The molecule has 1 aromatic carbocycles. The van der Waals surface area contributed by atoms with Gasteiger partial charge in [0.1, 0.15) is 16.6 Å². The average Bonchev–Trinajstić information content (AvgIpc) is 2.77. The molecule has 1 aromatic heterocycles. The van der Waals surface area contributed by atoms with E-state index in [1.165, 1.54) is 17.4 Å². The molecule has 0 aliphatic heterocycles. The maximum Gasteiger partial charge on any atom is 0.133 e. The van der Waals surface area contributed by atoms with Crippen molar-refractivity contribution in [2.45, 2.75) is 24.8 Å². The second kappa shape index (κ2) is 4.40. The van der Waals surface area contributed by atoms with Crippen LogP contribution in [0.15, 0.2) is 23.6 Å². The number of halogens is 2. The zero-order valence-electron chi connectivity index (χ0n) is 9.57.